The molecule has 0 aliphatic heterocycles. The fourth-order valence-corrected chi connectivity index (χ4v) is 22.5. The molecular weight excluding hydrogens is 1670 g/mol. The van der Waals surface area contributed by atoms with Gasteiger partial charge in [-0.05, 0) is 160 Å². The Hall–Kier alpha value is -12.8. The van der Waals surface area contributed by atoms with E-state index in [-0.39, 0.29) is 0 Å². The van der Waals surface area contributed by atoms with Gasteiger partial charge in [-0.3, -0.25) is 0 Å². The van der Waals surface area contributed by atoms with Crippen molar-refractivity contribution in [1.82, 2.24) is 55.1 Å². The van der Waals surface area contributed by atoms with Crippen LogP contribution in [0.2, 0.25) is 0 Å². The molecule has 0 aliphatic rings. The number of hydrogen-bond donors (Lipinski definition) is 0. The van der Waals surface area contributed by atoms with E-state index in [1.165, 1.54) is 143 Å². The number of fused-ring (bicyclic) bond motifs is 24. The molecule has 0 atom stereocenters. The number of thiophene rings is 2. The van der Waals surface area contributed by atoms with Gasteiger partial charge >= 0.3 is 11.4 Å². The van der Waals surface area contributed by atoms with E-state index in [9.17, 15) is 0 Å². The first kappa shape index (κ1) is 87.3. The van der Waals surface area contributed by atoms with Crippen molar-refractivity contribution in [1.29, 1.82) is 0 Å². The molecule has 0 radical (unpaired) electrons. The summed E-state index contributed by atoms with van der Waals surface area (Å²) in [5, 5.41) is 9.30. The summed E-state index contributed by atoms with van der Waals surface area (Å²) in [6.45, 7) is 33.8. The van der Waals surface area contributed by atoms with E-state index in [1.807, 2.05) is 67.2 Å². The van der Waals surface area contributed by atoms with Gasteiger partial charge in [0.2, 0.25) is 10.5 Å². The molecule has 0 saturated heterocycles. The summed E-state index contributed by atoms with van der Waals surface area (Å²) in [7, 11) is 16.7. The smallest absolute Gasteiger partial charge is 0.322 e. The quantitative estimate of drug-likeness (QED) is 0.135. The van der Waals surface area contributed by atoms with E-state index < -0.39 is 0 Å². The zero-order chi connectivity index (χ0) is 90.3. The summed E-state index contributed by atoms with van der Waals surface area (Å²) in [4.78, 5) is 20.6. The number of thiazole rings is 2. The average molecular weight is 1790 g/mol. The fourth-order valence-electron chi connectivity index (χ4n) is 18.7. The zero-order valence-electron chi connectivity index (χ0n) is 78.0. The SMILES string of the molecule is CCc1n2c(ccc3c(C)coc32)c[n+]1C.CCc1n2c(ccc3c(C)csc32)c[n+]1C.CCc1n2c(ccc3nc(C)oc32)c[n+]1C.CCc1n2c(ccc3nc(C)sc32)c[n+]1C.CCc1n2c(ccc3oc(C)nc32)c[n+]1C.CCc1n2c(ccc3occ(C)c32)c[n+]1C.CCc1n2c(ccc3sc(C)nc32)c[n+]1C.CCc1n2c(ccc3scc(C)c32)c[n+]1C. The number of rotatable bonds is 8. The lowest BCUT2D eigenvalue weighted by atomic mass is 10.2. The normalized spacial score (nSPS) is 11.7. The largest absolute Gasteiger partial charge is 0.460 e. The first-order chi connectivity index (χ1) is 61.7. The minimum absolute atomic E-state index is 0.709. The van der Waals surface area contributed by atoms with Crippen molar-refractivity contribution in [2.45, 2.75) is 162 Å². The van der Waals surface area contributed by atoms with Crippen molar-refractivity contribution < 1.29 is 54.2 Å². The molecule has 656 valence electrons. The first-order valence-corrected chi connectivity index (χ1v) is 47.6. The molecule has 24 heterocycles. The number of aromatic nitrogens is 20. The molecule has 0 unspecified atom stereocenters. The van der Waals surface area contributed by atoms with Crippen molar-refractivity contribution >= 4 is 175 Å². The maximum atomic E-state index is 5.68. The summed E-state index contributed by atoms with van der Waals surface area (Å²) in [6.07, 6.45) is 29.0. The number of furan rings is 2. The summed E-state index contributed by atoms with van der Waals surface area (Å²) < 4.78 is 60.6. The van der Waals surface area contributed by atoms with Crippen molar-refractivity contribution in [2.75, 3.05) is 0 Å². The Morgan fingerprint density at radius 2 is 0.680 bits per heavy atom. The van der Waals surface area contributed by atoms with Crippen LogP contribution in [0.25, 0.3) is 130 Å². The second-order valence-corrected chi connectivity index (χ2v) is 37.2. The molecule has 24 rings (SSSR count). The summed E-state index contributed by atoms with van der Waals surface area (Å²) in [5.74, 6) is 11.8. The topological polar surface area (TPSA) is 170 Å². The Balaban J connectivity index is 0.000000103. The first-order valence-electron chi connectivity index (χ1n) is 44.2. The molecule has 24 aromatic heterocycles. The van der Waals surface area contributed by atoms with Gasteiger partial charge in [-0.2, -0.15) is 40.2 Å². The third kappa shape index (κ3) is 15.5. The second-order valence-electron chi connectivity index (χ2n) is 33.1. The molecule has 0 saturated carbocycles. The zero-order valence-corrected chi connectivity index (χ0v) is 81.3. The number of oxazole rings is 2. The summed E-state index contributed by atoms with van der Waals surface area (Å²) in [6, 6.07) is 34.0. The molecule has 0 N–H and O–H groups in total. The average Bonchev–Trinajstić information content (AvgIpc) is 1.33. The Labute approximate surface area is 758 Å². The highest BCUT2D eigenvalue weighted by Gasteiger charge is 2.28. The van der Waals surface area contributed by atoms with Gasteiger partial charge in [-0.1, -0.05) is 66.7 Å². The molecule has 0 amide bonds. The lowest BCUT2D eigenvalue weighted by molar-refractivity contribution is -0.677. The maximum Gasteiger partial charge on any atom is 0.322 e. The van der Waals surface area contributed by atoms with Crippen LogP contribution < -0.4 is 36.5 Å². The predicted octanol–water partition coefficient (Wildman–Crippen LogP) is 18.5. The number of imidazole rings is 8. The second kappa shape index (κ2) is 35.5. The fraction of sp³-hybridized carbons (Fsp3) is 0.320. The van der Waals surface area contributed by atoms with Crippen LogP contribution in [0.1, 0.15) is 146 Å². The summed E-state index contributed by atoms with van der Waals surface area (Å²) >= 11 is 7.18. The van der Waals surface area contributed by atoms with E-state index in [4.69, 9.17) is 17.7 Å². The number of hydrogen-bond acceptors (Lipinski definition) is 12. The number of nitrogens with zero attached hydrogens (tertiary/aromatic N) is 20. The number of aryl methyl sites for hydroxylation is 24. The lowest BCUT2D eigenvalue weighted by Gasteiger charge is -1.96. The molecule has 28 heteroatoms. The molecule has 0 spiro atoms. The van der Waals surface area contributed by atoms with Crippen molar-refractivity contribution in [3.63, 3.8) is 0 Å². The van der Waals surface area contributed by atoms with E-state index in [0.29, 0.717) is 11.8 Å². The van der Waals surface area contributed by atoms with Gasteiger partial charge in [0, 0.05) is 81.7 Å². The van der Waals surface area contributed by atoms with E-state index in [0.717, 1.165) is 117 Å². The highest BCUT2D eigenvalue weighted by Crippen LogP contribution is 2.33. The van der Waals surface area contributed by atoms with Gasteiger partial charge in [0.25, 0.3) is 52.2 Å². The van der Waals surface area contributed by atoms with E-state index in [2.05, 4.69) is 384 Å². The van der Waals surface area contributed by atoms with Crippen LogP contribution in [0.5, 0.6) is 0 Å². The van der Waals surface area contributed by atoms with Gasteiger partial charge < -0.3 is 17.7 Å². The van der Waals surface area contributed by atoms with Crippen LogP contribution in [0.4, 0.5) is 0 Å². The minimum Gasteiger partial charge on any atom is -0.460 e. The molecule has 0 aliphatic carbocycles. The molecule has 24 aromatic rings. The van der Waals surface area contributed by atoms with Crippen molar-refractivity contribution in [3.05, 3.63) is 261 Å². The van der Waals surface area contributed by atoms with Gasteiger partial charge in [-0.15, -0.1) is 34.0 Å². The molecule has 0 bridgehead atoms. The molecule has 0 aromatic carbocycles. The maximum absolute atomic E-state index is 5.68. The van der Waals surface area contributed by atoms with Gasteiger partial charge in [0.1, 0.15) is 55.1 Å². The summed E-state index contributed by atoms with van der Waals surface area (Å²) in [5.41, 5.74) is 25.0. The monoisotopic (exact) mass is 1790 g/mol. The lowest BCUT2D eigenvalue weighted by Crippen LogP contribution is -2.30. The predicted molar refractivity (Wildman–Crippen MR) is 513 cm³/mol. The van der Waals surface area contributed by atoms with Crippen LogP contribution in [0, 0.1) is 55.4 Å². The number of pyridine rings is 8. The highest BCUT2D eigenvalue weighted by molar-refractivity contribution is 7.19. The van der Waals surface area contributed by atoms with E-state index >= 15 is 0 Å². The van der Waals surface area contributed by atoms with Crippen LogP contribution in [-0.2, 0) is 108 Å². The Bertz CT molecular complexity index is 7440. The van der Waals surface area contributed by atoms with Crippen molar-refractivity contribution in [2.24, 2.45) is 56.4 Å². The standard InChI is InChI=1S/2C13H15N2O.2C13H15N2S.2C12H14N3O.2C12H14N3S/c1-4-12-14(3)7-10-5-6-11-13(15(10)12)9(2)8-16-11;1-4-12-14(3)7-10-5-6-11-9(2)8-16-13(11)15(10)12;1-4-12-14(3)7-10-5-6-11-13(15(10)12)9(2)8-16-11;1-4-12-14(3)7-10-5-6-11-9(2)8-16-13(11)15(10)12;1-4-11-14(3)7-9-5-6-10-12(15(9)11)13-8(2)16-10;1-4-11-14(3)7-9-5-6-10-12(15(9)11)16-8(2)13-10;1-4-11-14(3)7-9-5-6-10-12(15(9)11)13-8(2)16-10;1-4-11-14(3)7-9-5-6-10-12(15(9)11)16-8(2)13-10/h4*5-8H,4H2,1-3H3;4*5-7H,4H2,1-3H3/q8*+1. The van der Waals surface area contributed by atoms with Crippen LogP contribution >= 0.6 is 45.3 Å². The molecular formula is C100H116N20O4S4+8. The molecule has 128 heavy (non-hydrogen) atoms. The van der Waals surface area contributed by atoms with Gasteiger partial charge in [0.15, 0.2) is 88.5 Å². The highest BCUT2D eigenvalue weighted by atomic mass is 32.1. The van der Waals surface area contributed by atoms with E-state index in [1.54, 1.807) is 22.7 Å². The minimum atomic E-state index is 0.709. The third-order valence-corrected chi connectivity index (χ3v) is 28.5. The van der Waals surface area contributed by atoms with Gasteiger partial charge in [-0.25, -0.2) is 51.5 Å². The van der Waals surface area contributed by atoms with Crippen LogP contribution in [0.3, 0.4) is 0 Å². The van der Waals surface area contributed by atoms with Crippen molar-refractivity contribution in [3.8, 4) is 0 Å². The Morgan fingerprint density at radius 1 is 0.289 bits per heavy atom. The molecule has 24 nitrogen and oxygen atoms in total. The van der Waals surface area contributed by atoms with Gasteiger partial charge in [0.05, 0.1) is 93.7 Å². The third-order valence-electron chi connectivity index (χ3n) is 24.4. The van der Waals surface area contributed by atoms with Crippen LogP contribution in [0.15, 0.2) is 188 Å². The Morgan fingerprint density at radius 3 is 1.23 bits per heavy atom. The molecule has 0 fully saturated rings. The van der Waals surface area contributed by atoms with Crippen LogP contribution in [-0.4, -0.2) is 55.1 Å². The Kier molecular flexibility index (Phi) is 24.2.